The van der Waals surface area contributed by atoms with Crippen LogP contribution in [0.1, 0.15) is 0 Å². The predicted molar refractivity (Wildman–Crippen MR) is 70.0 cm³/mol. The van der Waals surface area contributed by atoms with E-state index in [1.165, 1.54) is 11.8 Å². The molecule has 0 bridgehead atoms. The van der Waals surface area contributed by atoms with Crippen LogP contribution in [-0.2, 0) is 16.1 Å². The van der Waals surface area contributed by atoms with Crippen molar-refractivity contribution >= 4 is 23.6 Å². The summed E-state index contributed by atoms with van der Waals surface area (Å²) in [5.74, 6) is -0.890. The number of rotatable bonds is 3. The summed E-state index contributed by atoms with van der Waals surface area (Å²) in [6, 6.07) is 5.05. The zero-order chi connectivity index (χ0) is 14.3. The van der Waals surface area contributed by atoms with E-state index in [2.05, 4.69) is 0 Å². The lowest BCUT2D eigenvalue weighted by Crippen LogP contribution is -2.74. The number of β-lactam (4-membered cyclic amide) rings is 1. The minimum atomic E-state index is -1.12. The highest BCUT2D eigenvalue weighted by Gasteiger charge is 2.54. The van der Waals surface area contributed by atoms with Crippen LogP contribution in [0, 0.1) is 5.41 Å². The molecule has 3 rings (SSSR count). The monoisotopic (exact) mass is 293 g/mol. The second kappa shape index (κ2) is 4.75. The molecule has 0 spiro atoms. The summed E-state index contributed by atoms with van der Waals surface area (Å²) in [6.45, 7) is 0.455. The molecule has 0 radical (unpaired) electrons. The number of aliphatic carboxylic acids is 1. The maximum Gasteiger partial charge on any atom is 0.243 e. The molecular weight excluding hydrogens is 278 g/mol. The second-order valence-electron chi connectivity index (χ2n) is 5.31. The first-order valence-corrected chi connectivity index (χ1v) is 7.42. The molecule has 2 aliphatic heterocycles. The third kappa shape index (κ3) is 1.97. The molecule has 1 aromatic heterocycles. The number of carbonyl (C=O) groups excluding carboxylic acids is 2. The van der Waals surface area contributed by atoms with Gasteiger partial charge in [0, 0.05) is 24.4 Å². The first-order chi connectivity index (χ1) is 9.53. The number of hydrogen-bond donors (Lipinski definition) is 1. The Morgan fingerprint density at radius 1 is 1.50 bits per heavy atom. The van der Waals surface area contributed by atoms with Crippen LogP contribution in [0.25, 0.3) is 0 Å². The molecule has 1 aromatic rings. The van der Waals surface area contributed by atoms with Crippen LogP contribution >= 0.6 is 11.8 Å². The molecule has 2 N–H and O–H groups in total. The molecule has 3 heterocycles. The molecule has 6 nitrogen and oxygen atoms in total. The van der Waals surface area contributed by atoms with Gasteiger partial charge in [0.25, 0.3) is 0 Å². The number of nitrogens with two attached hydrogens (primary N) is 1. The second-order valence-corrected chi connectivity index (χ2v) is 6.41. The maximum atomic E-state index is 11.7. The molecule has 2 aliphatic rings. The average molecular weight is 293 g/mol. The van der Waals surface area contributed by atoms with Gasteiger partial charge in [0.2, 0.25) is 5.91 Å². The first-order valence-electron chi connectivity index (χ1n) is 6.37. The zero-order valence-electron chi connectivity index (χ0n) is 10.8. The number of nitrogens with zero attached hydrogens (tertiary/aromatic N) is 2. The van der Waals surface area contributed by atoms with Crippen molar-refractivity contribution in [3.05, 3.63) is 30.6 Å². The van der Waals surface area contributed by atoms with Gasteiger partial charge in [0.1, 0.15) is 11.4 Å². The van der Waals surface area contributed by atoms with E-state index in [0.717, 1.165) is 0 Å². The molecule has 20 heavy (non-hydrogen) atoms. The first kappa shape index (κ1) is 13.4. The Bertz CT molecular complexity index is 553. The number of carboxylic acid groups (broad SMARTS) is 1. The third-order valence-electron chi connectivity index (χ3n) is 3.88. The minimum absolute atomic E-state index is 0.0873. The van der Waals surface area contributed by atoms with Crippen molar-refractivity contribution in [1.82, 2.24) is 4.90 Å². The van der Waals surface area contributed by atoms with Gasteiger partial charge in [-0.3, -0.25) is 4.79 Å². The van der Waals surface area contributed by atoms with E-state index in [-0.39, 0.29) is 24.4 Å². The molecule has 3 atom stereocenters. The van der Waals surface area contributed by atoms with Crippen molar-refractivity contribution in [3.63, 3.8) is 0 Å². The molecular formula is C13H15N3O3S. The summed E-state index contributed by atoms with van der Waals surface area (Å²) < 4.78 is 1.81. The van der Waals surface area contributed by atoms with E-state index in [9.17, 15) is 14.7 Å². The van der Waals surface area contributed by atoms with E-state index in [1.807, 2.05) is 30.6 Å². The van der Waals surface area contributed by atoms with Gasteiger partial charge in [0.05, 0.1) is 11.4 Å². The van der Waals surface area contributed by atoms with Gasteiger partial charge in [-0.2, -0.15) is 0 Å². The molecule has 0 aromatic carbocycles. The quantitative estimate of drug-likeness (QED) is 0.512. The topological polar surface area (TPSA) is 90.3 Å². The van der Waals surface area contributed by atoms with Crippen LogP contribution in [-0.4, -0.2) is 40.5 Å². The zero-order valence-corrected chi connectivity index (χ0v) is 11.6. The fraction of sp³-hybridized carbons (Fsp3) is 0.462. The van der Waals surface area contributed by atoms with Crippen LogP contribution < -0.4 is 15.4 Å². The summed E-state index contributed by atoms with van der Waals surface area (Å²) >= 11 is 1.43. The van der Waals surface area contributed by atoms with Crippen molar-refractivity contribution in [1.29, 1.82) is 0 Å². The molecule has 106 valence electrons. The van der Waals surface area contributed by atoms with E-state index in [1.54, 1.807) is 9.47 Å². The van der Waals surface area contributed by atoms with Crippen LogP contribution in [0.15, 0.2) is 30.6 Å². The fourth-order valence-corrected chi connectivity index (χ4v) is 4.17. The molecule has 0 saturated carbocycles. The lowest BCUT2D eigenvalue weighted by molar-refractivity contribution is -0.707. The highest BCUT2D eigenvalue weighted by atomic mass is 32.2. The number of amides is 1. The fourth-order valence-electron chi connectivity index (χ4n) is 2.70. The summed E-state index contributed by atoms with van der Waals surface area (Å²) in [6.07, 6.45) is 3.62. The largest absolute Gasteiger partial charge is 0.549 e. The number of hydrogen-bond acceptors (Lipinski definition) is 5. The molecule has 2 fully saturated rings. The lowest BCUT2D eigenvalue weighted by atomic mass is 9.87. The van der Waals surface area contributed by atoms with Crippen molar-refractivity contribution in [3.8, 4) is 0 Å². The van der Waals surface area contributed by atoms with Gasteiger partial charge in [-0.25, -0.2) is 4.57 Å². The van der Waals surface area contributed by atoms with Crippen molar-refractivity contribution in [2.45, 2.75) is 18.0 Å². The van der Waals surface area contributed by atoms with Crippen LogP contribution in [0.4, 0.5) is 0 Å². The Morgan fingerprint density at radius 3 is 2.85 bits per heavy atom. The number of pyridine rings is 1. The summed E-state index contributed by atoms with van der Waals surface area (Å²) in [7, 11) is 0. The normalized spacial score (nSPS) is 32.5. The highest BCUT2D eigenvalue weighted by molar-refractivity contribution is 8.00. The number of thioether (sulfide) groups is 1. The Morgan fingerprint density at radius 2 is 2.20 bits per heavy atom. The Labute approximate surface area is 120 Å². The smallest absolute Gasteiger partial charge is 0.243 e. The number of aromatic nitrogens is 1. The lowest BCUT2D eigenvalue weighted by Gasteiger charge is -2.53. The third-order valence-corrected chi connectivity index (χ3v) is 5.49. The van der Waals surface area contributed by atoms with Gasteiger partial charge in [0.15, 0.2) is 18.9 Å². The Balaban J connectivity index is 1.83. The van der Waals surface area contributed by atoms with Gasteiger partial charge < -0.3 is 20.5 Å². The average Bonchev–Trinajstić information content (AvgIpc) is 2.47. The maximum absolute atomic E-state index is 11.7. The van der Waals surface area contributed by atoms with Gasteiger partial charge in [-0.1, -0.05) is 6.07 Å². The van der Waals surface area contributed by atoms with Gasteiger partial charge >= 0.3 is 0 Å². The Hall–Kier alpha value is -1.60. The molecule has 0 aliphatic carbocycles. The van der Waals surface area contributed by atoms with Gasteiger partial charge in [-0.05, 0) is 0 Å². The van der Waals surface area contributed by atoms with Crippen molar-refractivity contribution < 1.29 is 19.3 Å². The van der Waals surface area contributed by atoms with Gasteiger partial charge in [-0.15, -0.1) is 11.8 Å². The standard InChI is InChI=1S/C13H15N3O3S/c14-9-10(17)16-7-13(12(18)19,8-20-11(9)16)6-15-4-2-1-3-5-15/h1-5,9,11H,6-8,14H2/t9-,11-,13?/m1/s1. The van der Waals surface area contributed by atoms with Crippen LogP contribution in [0.5, 0.6) is 0 Å². The summed E-state index contributed by atoms with van der Waals surface area (Å²) in [5.41, 5.74) is 4.65. The Kier molecular flexibility index (Phi) is 3.18. The predicted octanol–water partition coefficient (Wildman–Crippen LogP) is -2.05. The van der Waals surface area contributed by atoms with E-state index < -0.39 is 17.4 Å². The molecule has 7 heteroatoms. The molecule has 2 saturated heterocycles. The van der Waals surface area contributed by atoms with Crippen LogP contribution in [0.3, 0.4) is 0 Å². The van der Waals surface area contributed by atoms with E-state index in [0.29, 0.717) is 5.75 Å². The number of fused-ring (bicyclic) bond motifs is 1. The summed E-state index contributed by atoms with van der Waals surface area (Å²) in [4.78, 5) is 24.9. The number of carbonyl (C=O) groups is 2. The van der Waals surface area contributed by atoms with E-state index in [4.69, 9.17) is 5.73 Å². The highest BCUT2D eigenvalue weighted by Crippen LogP contribution is 2.41. The SMILES string of the molecule is N[C@@H]1C(=O)N2CC(C[n+]3ccccc3)(C(=O)[O-])CS[C@H]12. The number of carboxylic acids is 1. The van der Waals surface area contributed by atoms with Crippen LogP contribution in [0.2, 0.25) is 0 Å². The van der Waals surface area contributed by atoms with E-state index >= 15 is 0 Å². The molecule has 1 amide bonds. The summed E-state index contributed by atoms with van der Waals surface area (Å²) in [5, 5.41) is 11.6. The minimum Gasteiger partial charge on any atom is -0.549 e. The molecule has 1 unspecified atom stereocenters. The van der Waals surface area contributed by atoms with Crippen molar-refractivity contribution in [2.75, 3.05) is 12.3 Å². The van der Waals surface area contributed by atoms with Crippen molar-refractivity contribution in [2.24, 2.45) is 11.1 Å².